The lowest BCUT2D eigenvalue weighted by molar-refractivity contribution is -0.0272. The number of ether oxygens (including phenoxy) is 2. The van der Waals surface area contributed by atoms with E-state index >= 15 is 0 Å². The van der Waals surface area contributed by atoms with Crippen molar-refractivity contribution in [1.29, 1.82) is 0 Å². The lowest BCUT2D eigenvalue weighted by Crippen LogP contribution is -2.52. The van der Waals surface area contributed by atoms with E-state index in [2.05, 4.69) is 56.3 Å². The molecule has 0 bridgehead atoms. The molecule has 0 aliphatic carbocycles. The van der Waals surface area contributed by atoms with Gasteiger partial charge in [0.1, 0.15) is 17.0 Å². The number of likely N-dealkylation sites (tertiary alicyclic amines) is 1. The fourth-order valence-electron chi connectivity index (χ4n) is 4.53. The summed E-state index contributed by atoms with van der Waals surface area (Å²) in [5.41, 5.74) is 4.53. The van der Waals surface area contributed by atoms with Crippen molar-refractivity contribution in [3.63, 3.8) is 0 Å². The highest BCUT2D eigenvalue weighted by Gasteiger charge is 2.41. The minimum atomic E-state index is -0.461. The number of benzene rings is 2. The van der Waals surface area contributed by atoms with Gasteiger partial charge < -0.3 is 14.4 Å². The highest BCUT2D eigenvalue weighted by atomic mass is 32.2. The third-order valence-electron chi connectivity index (χ3n) is 6.43. The molecule has 0 atom stereocenters. The van der Waals surface area contributed by atoms with E-state index in [9.17, 15) is 4.79 Å². The summed E-state index contributed by atoms with van der Waals surface area (Å²) in [5.74, 6) is 2.06. The molecule has 4 nitrogen and oxygen atoms in total. The Balaban J connectivity index is 1.38. The third-order valence-corrected chi connectivity index (χ3v) is 7.60. The predicted molar refractivity (Wildman–Crippen MR) is 137 cm³/mol. The second kappa shape index (κ2) is 9.61. The van der Waals surface area contributed by atoms with Gasteiger partial charge in [-0.05, 0) is 73.2 Å². The molecule has 1 amide bonds. The van der Waals surface area contributed by atoms with Crippen LogP contribution in [0.5, 0.6) is 5.75 Å². The van der Waals surface area contributed by atoms with Crippen molar-refractivity contribution in [1.82, 2.24) is 4.90 Å². The van der Waals surface area contributed by atoms with Crippen molar-refractivity contribution in [3.05, 3.63) is 53.6 Å². The third kappa shape index (κ3) is 6.06. The van der Waals surface area contributed by atoms with Crippen LogP contribution in [0.1, 0.15) is 65.0 Å². The SMILES string of the molecule is CC(C)SCc1ccc(-c2ccc3c(c2)CCC2(CCN(C(=O)OC(C)(C)C)CC2)O3)cc1. The van der Waals surface area contributed by atoms with Gasteiger partial charge in [0, 0.05) is 31.7 Å². The van der Waals surface area contributed by atoms with Crippen LogP contribution in [0.2, 0.25) is 0 Å². The summed E-state index contributed by atoms with van der Waals surface area (Å²) in [6.45, 7) is 11.6. The largest absolute Gasteiger partial charge is 0.487 e. The van der Waals surface area contributed by atoms with E-state index in [0.29, 0.717) is 18.3 Å². The molecule has 0 N–H and O–H groups in total. The van der Waals surface area contributed by atoms with Crippen LogP contribution in [0.3, 0.4) is 0 Å². The standard InChI is InChI=1S/C28H37NO3S/c1-20(2)33-19-21-6-8-22(9-7-21)23-10-11-25-24(18-23)12-13-28(31-25)14-16-29(17-15-28)26(30)32-27(3,4)5/h6-11,18,20H,12-17,19H2,1-5H3. The van der Waals surface area contributed by atoms with Crippen LogP contribution in [0.4, 0.5) is 4.79 Å². The quantitative estimate of drug-likeness (QED) is 0.481. The van der Waals surface area contributed by atoms with E-state index in [-0.39, 0.29) is 11.7 Å². The molecule has 0 unspecified atom stereocenters. The van der Waals surface area contributed by atoms with Crippen molar-refractivity contribution in [2.45, 2.75) is 82.5 Å². The Kier molecular flexibility index (Phi) is 6.99. The number of thioether (sulfide) groups is 1. The van der Waals surface area contributed by atoms with Gasteiger partial charge in [0.15, 0.2) is 0 Å². The van der Waals surface area contributed by atoms with E-state index in [1.807, 2.05) is 37.4 Å². The van der Waals surface area contributed by atoms with E-state index in [4.69, 9.17) is 9.47 Å². The summed E-state index contributed by atoms with van der Waals surface area (Å²) in [6.07, 6.45) is 3.49. The van der Waals surface area contributed by atoms with Crippen LogP contribution in [-0.2, 0) is 16.9 Å². The molecule has 2 aromatic carbocycles. The van der Waals surface area contributed by atoms with Crippen LogP contribution in [0.15, 0.2) is 42.5 Å². The summed E-state index contributed by atoms with van der Waals surface area (Å²) < 4.78 is 12.1. The van der Waals surface area contributed by atoms with Crippen LogP contribution >= 0.6 is 11.8 Å². The van der Waals surface area contributed by atoms with Gasteiger partial charge in [-0.2, -0.15) is 11.8 Å². The number of fused-ring (bicyclic) bond motifs is 1. The van der Waals surface area contributed by atoms with Gasteiger partial charge in [-0.3, -0.25) is 0 Å². The normalized spacial score (nSPS) is 17.6. The average Bonchev–Trinajstić information content (AvgIpc) is 2.77. The topological polar surface area (TPSA) is 38.8 Å². The molecule has 0 saturated carbocycles. The van der Waals surface area contributed by atoms with Gasteiger partial charge in [-0.1, -0.05) is 44.2 Å². The van der Waals surface area contributed by atoms with Crippen LogP contribution in [0.25, 0.3) is 11.1 Å². The van der Waals surface area contributed by atoms with Gasteiger partial charge in [-0.15, -0.1) is 0 Å². The van der Waals surface area contributed by atoms with Crippen molar-refractivity contribution in [2.75, 3.05) is 13.1 Å². The number of piperidine rings is 1. The molecule has 33 heavy (non-hydrogen) atoms. The first kappa shape index (κ1) is 24.0. The molecule has 1 saturated heterocycles. The maximum Gasteiger partial charge on any atom is 0.410 e. The van der Waals surface area contributed by atoms with Gasteiger partial charge >= 0.3 is 6.09 Å². The molecule has 1 fully saturated rings. The minimum Gasteiger partial charge on any atom is -0.487 e. The van der Waals surface area contributed by atoms with Gasteiger partial charge in [0.05, 0.1) is 0 Å². The first-order valence-corrected chi connectivity index (χ1v) is 13.2. The van der Waals surface area contributed by atoms with Gasteiger partial charge in [0.25, 0.3) is 0 Å². The van der Waals surface area contributed by atoms with Crippen LogP contribution < -0.4 is 4.74 Å². The highest BCUT2D eigenvalue weighted by Crippen LogP contribution is 2.41. The summed E-state index contributed by atoms with van der Waals surface area (Å²) in [5, 5.41) is 0.651. The van der Waals surface area contributed by atoms with Crippen LogP contribution in [-0.4, -0.2) is 40.5 Å². The number of hydrogen-bond acceptors (Lipinski definition) is 4. The average molecular weight is 468 g/mol. The second-order valence-corrected chi connectivity index (χ2v) is 12.2. The Bertz CT molecular complexity index is 970. The Morgan fingerprint density at radius 3 is 2.36 bits per heavy atom. The minimum absolute atomic E-state index is 0.164. The number of aryl methyl sites for hydroxylation is 1. The molecular weight excluding hydrogens is 430 g/mol. The zero-order chi connectivity index (χ0) is 23.6. The molecule has 0 aromatic heterocycles. The van der Waals surface area contributed by atoms with Gasteiger partial charge in [0.2, 0.25) is 0 Å². The maximum absolute atomic E-state index is 12.4. The van der Waals surface area contributed by atoms with E-state index < -0.39 is 5.60 Å². The molecule has 2 aliphatic rings. The number of amides is 1. The number of carbonyl (C=O) groups excluding carboxylic acids is 1. The summed E-state index contributed by atoms with van der Waals surface area (Å²) in [6, 6.07) is 15.5. The van der Waals surface area contributed by atoms with Crippen molar-refractivity contribution in [2.24, 2.45) is 0 Å². The monoisotopic (exact) mass is 467 g/mol. The van der Waals surface area contributed by atoms with Crippen molar-refractivity contribution < 1.29 is 14.3 Å². The fraction of sp³-hybridized carbons (Fsp3) is 0.536. The smallest absolute Gasteiger partial charge is 0.410 e. The Morgan fingerprint density at radius 1 is 1.06 bits per heavy atom. The Morgan fingerprint density at radius 2 is 1.73 bits per heavy atom. The fourth-order valence-corrected chi connectivity index (χ4v) is 5.25. The van der Waals surface area contributed by atoms with E-state index in [1.54, 1.807) is 0 Å². The summed E-state index contributed by atoms with van der Waals surface area (Å²) >= 11 is 1.97. The van der Waals surface area contributed by atoms with Crippen molar-refractivity contribution in [3.8, 4) is 16.9 Å². The Hall–Kier alpha value is -2.14. The van der Waals surface area contributed by atoms with E-state index in [1.165, 1.54) is 22.3 Å². The molecular formula is C28H37NO3S. The molecule has 178 valence electrons. The Labute approximate surface area is 203 Å². The molecule has 2 aliphatic heterocycles. The number of hydrogen-bond donors (Lipinski definition) is 0. The molecule has 4 rings (SSSR count). The molecule has 2 heterocycles. The number of nitrogens with zero attached hydrogens (tertiary/aromatic N) is 1. The number of carbonyl (C=O) groups is 1. The highest BCUT2D eigenvalue weighted by molar-refractivity contribution is 7.99. The zero-order valence-corrected chi connectivity index (χ0v) is 21.5. The first-order valence-electron chi connectivity index (χ1n) is 12.1. The molecule has 5 heteroatoms. The molecule has 0 radical (unpaired) electrons. The lowest BCUT2D eigenvalue weighted by Gasteiger charge is -2.44. The summed E-state index contributed by atoms with van der Waals surface area (Å²) in [4.78, 5) is 14.2. The molecule has 1 spiro atoms. The van der Waals surface area contributed by atoms with Crippen LogP contribution in [0, 0.1) is 0 Å². The molecule has 2 aromatic rings. The van der Waals surface area contributed by atoms with E-state index in [0.717, 1.165) is 37.2 Å². The summed E-state index contributed by atoms with van der Waals surface area (Å²) in [7, 11) is 0. The second-order valence-electron chi connectivity index (χ2n) is 10.6. The maximum atomic E-state index is 12.4. The number of rotatable bonds is 4. The van der Waals surface area contributed by atoms with Gasteiger partial charge in [-0.25, -0.2) is 4.79 Å². The van der Waals surface area contributed by atoms with Crippen molar-refractivity contribution >= 4 is 17.9 Å². The zero-order valence-electron chi connectivity index (χ0n) is 20.6. The lowest BCUT2D eigenvalue weighted by atomic mass is 9.82. The first-order chi connectivity index (χ1) is 15.6. The predicted octanol–water partition coefficient (Wildman–Crippen LogP) is 7.09.